The van der Waals surface area contributed by atoms with Gasteiger partial charge in [0.05, 0.1) is 0 Å². The Balaban J connectivity index is 0.000000841. The van der Waals surface area contributed by atoms with Gasteiger partial charge in [0, 0.05) is 17.1 Å². The molecule has 6 heteroatoms. The van der Waals surface area contributed by atoms with Crippen LogP contribution < -0.4 is 16.0 Å². The molecule has 6 nitrogen and oxygen atoms in total. The van der Waals surface area contributed by atoms with Crippen LogP contribution in [0.1, 0.15) is 41.5 Å². The van der Waals surface area contributed by atoms with Crippen LogP contribution in [0, 0.1) is 0 Å². The van der Waals surface area contributed by atoms with E-state index in [1.807, 2.05) is 133 Å². The second-order valence-corrected chi connectivity index (χ2v) is 5.78. The van der Waals surface area contributed by atoms with Gasteiger partial charge in [0.15, 0.2) is 0 Å². The van der Waals surface area contributed by atoms with Crippen molar-refractivity contribution in [2.75, 3.05) is 16.0 Å². The lowest BCUT2D eigenvalue weighted by Crippen LogP contribution is -2.07. The Morgan fingerprint density at radius 2 is 0.576 bits per heavy atom. The molecule has 0 amide bonds. The minimum absolute atomic E-state index is 0.452. The third-order valence-electron chi connectivity index (χ3n) is 3.73. The number of rotatable bonds is 6. The molecule has 0 saturated carbocycles. The summed E-state index contributed by atoms with van der Waals surface area (Å²) in [6.45, 7) is 12.0. The van der Waals surface area contributed by atoms with Crippen molar-refractivity contribution in [1.29, 1.82) is 0 Å². The third kappa shape index (κ3) is 9.82. The standard InChI is InChI=1S/C21H18N6.3C2H6/c1-4-10-16(11-5-1)22-19-25-20(23-17-12-6-2-7-13-17)27-21(26-19)24-18-14-8-3-9-15-18;3*1-2/h1-15H,(H3,22,23,24,25,26,27);3*1-2H3. The number of para-hydroxylation sites is 3. The van der Waals surface area contributed by atoms with Crippen LogP contribution >= 0.6 is 0 Å². The van der Waals surface area contributed by atoms with Crippen molar-refractivity contribution in [3.8, 4) is 0 Å². The van der Waals surface area contributed by atoms with Crippen LogP contribution in [-0.2, 0) is 0 Å². The highest BCUT2D eigenvalue weighted by molar-refractivity contribution is 5.61. The van der Waals surface area contributed by atoms with Crippen LogP contribution in [-0.4, -0.2) is 15.0 Å². The highest BCUT2D eigenvalue weighted by Gasteiger charge is 2.08. The molecule has 0 spiro atoms. The maximum absolute atomic E-state index is 4.48. The van der Waals surface area contributed by atoms with Crippen LogP contribution in [0.2, 0.25) is 0 Å². The summed E-state index contributed by atoms with van der Waals surface area (Å²) in [7, 11) is 0. The molecule has 1 heterocycles. The van der Waals surface area contributed by atoms with E-state index < -0.39 is 0 Å². The van der Waals surface area contributed by atoms with Gasteiger partial charge in [-0.3, -0.25) is 0 Å². The molecule has 0 aliphatic carbocycles. The summed E-state index contributed by atoms with van der Waals surface area (Å²) in [4.78, 5) is 13.4. The van der Waals surface area contributed by atoms with Gasteiger partial charge in [-0.15, -0.1) is 0 Å². The Kier molecular flexibility index (Phi) is 13.7. The highest BCUT2D eigenvalue weighted by Crippen LogP contribution is 2.20. The fraction of sp³-hybridized carbons (Fsp3) is 0.222. The van der Waals surface area contributed by atoms with Crippen molar-refractivity contribution < 1.29 is 0 Å². The number of nitrogens with one attached hydrogen (secondary N) is 3. The Hall–Kier alpha value is -3.93. The maximum atomic E-state index is 4.48. The van der Waals surface area contributed by atoms with Crippen molar-refractivity contribution in [2.45, 2.75) is 41.5 Å². The van der Waals surface area contributed by atoms with Crippen molar-refractivity contribution in [2.24, 2.45) is 0 Å². The molecule has 0 radical (unpaired) electrons. The van der Waals surface area contributed by atoms with Crippen molar-refractivity contribution in [3.05, 3.63) is 91.0 Å². The van der Waals surface area contributed by atoms with E-state index in [1.54, 1.807) is 0 Å². The summed E-state index contributed by atoms with van der Waals surface area (Å²) in [6, 6.07) is 29.4. The molecule has 3 N–H and O–H groups in total. The fourth-order valence-electron chi connectivity index (χ4n) is 2.50. The van der Waals surface area contributed by atoms with E-state index in [1.165, 1.54) is 0 Å². The van der Waals surface area contributed by atoms with Gasteiger partial charge in [-0.1, -0.05) is 96.1 Å². The molecular weight excluding hydrogens is 408 g/mol. The summed E-state index contributed by atoms with van der Waals surface area (Å²) in [5.41, 5.74) is 2.71. The Labute approximate surface area is 198 Å². The Morgan fingerprint density at radius 3 is 0.788 bits per heavy atom. The molecule has 0 fully saturated rings. The van der Waals surface area contributed by atoms with Gasteiger partial charge in [-0.05, 0) is 36.4 Å². The zero-order valence-electron chi connectivity index (χ0n) is 20.5. The van der Waals surface area contributed by atoms with Gasteiger partial charge >= 0.3 is 0 Å². The minimum atomic E-state index is 0.452. The maximum Gasteiger partial charge on any atom is 0.233 e. The van der Waals surface area contributed by atoms with Gasteiger partial charge < -0.3 is 16.0 Å². The second kappa shape index (κ2) is 16.7. The molecule has 0 aliphatic heterocycles. The molecule has 0 saturated heterocycles. The summed E-state index contributed by atoms with van der Waals surface area (Å²) >= 11 is 0. The van der Waals surface area contributed by atoms with Crippen LogP contribution in [0.25, 0.3) is 0 Å². The third-order valence-corrected chi connectivity index (χ3v) is 3.73. The summed E-state index contributed by atoms with van der Waals surface area (Å²) < 4.78 is 0. The lowest BCUT2D eigenvalue weighted by Gasteiger charge is -2.11. The van der Waals surface area contributed by atoms with E-state index in [4.69, 9.17) is 0 Å². The van der Waals surface area contributed by atoms with E-state index in [2.05, 4.69) is 30.9 Å². The molecule has 0 unspecified atom stereocenters. The summed E-state index contributed by atoms with van der Waals surface area (Å²) in [5, 5.41) is 9.64. The number of hydrogen-bond donors (Lipinski definition) is 3. The van der Waals surface area contributed by atoms with Gasteiger partial charge in [0.1, 0.15) is 0 Å². The molecule has 0 bridgehead atoms. The molecular formula is C27H36N6. The number of nitrogens with zero attached hydrogens (tertiary/aromatic N) is 3. The number of anilines is 6. The van der Waals surface area contributed by atoms with Crippen LogP contribution in [0.5, 0.6) is 0 Å². The monoisotopic (exact) mass is 444 g/mol. The SMILES string of the molecule is CC.CC.CC.c1ccc(Nc2nc(Nc3ccccc3)nc(Nc3ccccc3)n2)cc1. The molecule has 4 rings (SSSR count). The average Bonchev–Trinajstić information content (AvgIpc) is 2.89. The molecule has 0 atom stereocenters. The second-order valence-electron chi connectivity index (χ2n) is 5.78. The Morgan fingerprint density at radius 1 is 0.364 bits per heavy atom. The number of benzene rings is 3. The lowest BCUT2D eigenvalue weighted by atomic mass is 10.3. The van der Waals surface area contributed by atoms with Crippen LogP contribution in [0.4, 0.5) is 34.9 Å². The van der Waals surface area contributed by atoms with Gasteiger partial charge in [0.25, 0.3) is 0 Å². The quantitative estimate of drug-likeness (QED) is 0.278. The van der Waals surface area contributed by atoms with E-state index in [0.29, 0.717) is 17.8 Å². The summed E-state index contributed by atoms with van der Waals surface area (Å²) in [6.07, 6.45) is 0. The van der Waals surface area contributed by atoms with E-state index in [0.717, 1.165) is 17.1 Å². The fourth-order valence-corrected chi connectivity index (χ4v) is 2.50. The largest absolute Gasteiger partial charge is 0.324 e. The molecule has 4 aromatic rings. The normalized spacial score (nSPS) is 8.91. The van der Waals surface area contributed by atoms with Gasteiger partial charge in [0.2, 0.25) is 17.8 Å². The minimum Gasteiger partial charge on any atom is -0.324 e. The van der Waals surface area contributed by atoms with Crippen molar-refractivity contribution in [1.82, 2.24) is 15.0 Å². The molecule has 3 aromatic carbocycles. The van der Waals surface area contributed by atoms with E-state index in [-0.39, 0.29) is 0 Å². The Bertz CT molecular complexity index is 848. The first kappa shape index (κ1) is 27.1. The number of aromatic nitrogens is 3. The van der Waals surface area contributed by atoms with E-state index >= 15 is 0 Å². The molecule has 174 valence electrons. The lowest BCUT2D eigenvalue weighted by molar-refractivity contribution is 1.06. The average molecular weight is 445 g/mol. The first-order valence-electron chi connectivity index (χ1n) is 11.6. The van der Waals surface area contributed by atoms with Crippen molar-refractivity contribution >= 4 is 34.9 Å². The zero-order chi connectivity index (χ0) is 24.3. The summed E-state index contributed by atoms with van der Waals surface area (Å²) in [5.74, 6) is 1.36. The molecule has 0 aliphatic rings. The van der Waals surface area contributed by atoms with Crippen LogP contribution in [0.3, 0.4) is 0 Å². The molecule has 33 heavy (non-hydrogen) atoms. The smallest absolute Gasteiger partial charge is 0.233 e. The van der Waals surface area contributed by atoms with E-state index in [9.17, 15) is 0 Å². The topological polar surface area (TPSA) is 74.8 Å². The first-order valence-corrected chi connectivity index (χ1v) is 11.6. The zero-order valence-corrected chi connectivity index (χ0v) is 20.5. The van der Waals surface area contributed by atoms with Crippen molar-refractivity contribution in [3.63, 3.8) is 0 Å². The van der Waals surface area contributed by atoms with Gasteiger partial charge in [-0.2, -0.15) is 15.0 Å². The van der Waals surface area contributed by atoms with Crippen LogP contribution in [0.15, 0.2) is 91.0 Å². The first-order chi connectivity index (χ1) is 16.3. The number of hydrogen-bond acceptors (Lipinski definition) is 6. The molecule has 1 aromatic heterocycles. The predicted octanol–water partition coefficient (Wildman–Crippen LogP) is 8.18. The predicted molar refractivity (Wildman–Crippen MR) is 143 cm³/mol. The van der Waals surface area contributed by atoms with Gasteiger partial charge in [-0.25, -0.2) is 0 Å². The highest BCUT2D eigenvalue weighted by atomic mass is 15.3.